The summed E-state index contributed by atoms with van der Waals surface area (Å²) in [6, 6.07) is 9.74. The lowest BCUT2D eigenvalue weighted by molar-refractivity contribution is -0.130. The van der Waals surface area contributed by atoms with E-state index in [0.29, 0.717) is 16.7 Å². The minimum absolute atomic E-state index is 0.202. The molecule has 0 heterocycles. The molecule has 0 saturated heterocycles. The number of esters is 1. The molecule has 1 N–H and O–H groups in total. The van der Waals surface area contributed by atoms with Crippen LogP contribution in [0.15, 0.2) is 48.6 Å². The third kappa shape index (κ3) is 3.40. The van der Waals surface area contributed by atoms with Crippen molar-refractivity contribution in [2.45, 2.75) is 20.5 Å². The molecule has 0 unspecified atom stereocenters. The highest BCUT2D eigenvalue weighted by molar-refractivity contribution is 5.89. The number of carbonyl (C=O) groups is 1. The fourth-order valence-electron chi connectivity index (χ4n) is 1.99. The summed E-state index contributed by atoms with van der Waals surface area (Å²) in [6.07, 6.45) is 0. The molecule has 0 atom stereocenters. The van der Waals surface area contributed by atoms with Gasteiger partial charge in [-0.15, -0.1) is 0 Å². The van der Waals surface area contributed by atoms with Gasteiger partial charge in [0.1, 0.15) is 11.6 Å². The van der Waals surface area contributed by atoms with Gasteiger partial charge in [-0.2, -0.15) is 0 Å². The fraction of sp³-hybridized carbons (Fsp3) is 0.167. The topological polar surface area (TPSA) is 46.5 Å². The van der Waals surface area contributed by atoms with E-state index in [0.717, 1.165) is 5.56 Å². The van der Waals surface area contributed by atoms with Gasteiger partial charge in [0.2, 0.25) is 0 Å². The highest BCUT2D eigenvalue weighted by atomic mass is 19.1. The van der Waals surface area contributed by atoms with Crippen molar-refractivity contribution >= 4 is 5.97 Å². The van der Waals surface area contributed by atoms with Gasteiger partial charge >= 0.3 is 5.97 Å². The summed E-state index contributed by atoms with van der Waals surface area (Å²) in [5, 5.41) is 9.33. The van der Waals surface area contributed by atoms with E-state index in [4.69, 9.17) is 4.74 Å². The molecule has 0 aliphatic heterocycles. The van der Waals surface area contributed by atoms with E-state index in [9.17, 15) is 14.3 Å². The zero-order valence-electron chi connectivity index (χ0n) is 12.5. The number of aryl methyl sites for hydroxylation is 1. The number of ether oxygens (including phenoxy) is 1. The van der Waals surface area contributed by atoms with E-state index in [1.165, 1.54) is 13.0 Å². The predicted octanol–water partition coefficient (Wildman–Crippen LogP) is 3.77. The Kier molecular flexibility index (Phi) is 4.73. The van der Waals surface area contributed by atoms with Gasteiger partial charge in [0, 0.05) is 16.7 Å². The maximum absolute atomic E-state index is 14.1. The van der Waals surface area contributed by atoms with E-state index in [1.54, 1.807) is 30.3 Å². The molecule has 2 aromatic rings. The second kappa shape index (κ2) is 6.54. The molecular formula is C18H17FO3. The van der Waals surface area contributed by atoms with Gasteiger partial charge in [0.15, 0.2) is 0 Å². The standard InChI is InChI=1S/C18H17FO3/c1-11(2)18(21)22-17-9-13(5-6-14(17)10-20)15-7-4-12(3)8-16(15)19/h4-9,20H,1,10H2,2-3H3. The van der Waals surface area contributed by atoms with Crippen LogP contribution in [0.1, 0.15) is 18.1 Å². The zero-order chi connectivity index (χ0) is 16.3. The normalized spacial score (nSPS) is 10.4. The van der Waals surface area contributed by atoms with Crippen LogP contribution in [-0.2, 0) is 11.4 Å². The molecule has 2 aromatic carbocycles. The molecule has 0 radical (unpaired) electrons. The highest BCUT2D eigenvalue weighted by Crippen LogP contribution is 2.30. The molecule has 0 aromatic heterocycles. The third-order valence-corrected chi connectivity index (χ3v) is 3.22. The van der Waals surface area contributed by atoms with Crippen LogP contribution >= 0.6 is 0 Å². The van der Waals surface area contributed by atoms with Gasteiger partial charge in [-0.25, -0.2) is 9.18 Å². The molecule has 0 spiro atoms. The highest BCUT2D eigenvalue weighted by Gasteiger charge is 2.13. The number of hydrogen-bond donors (Lipinski definition) is 1. The largest absolute Gasteiger partial charge is 0.423 e. The van der Waals surface area contributed by atoms with Crippen molar-refractivity contribution in [1.29, 1.82) is 0 Å². The van der Waals surface area contributed by atoms with E-state index >= 15 is 0 Å². The Morgan fingerprint density at radius 1 is 1.27 bits per heavy atom. The van der Waals surface area contributed by atoms with Crippen molar-refractivity contribution in [3.63, 3.8) is 0 Å². The molecule has 4 heteroatoms. The summed E-state index contributed by atoms with van der Waals surface area (Å²) in [7, 11) is 0. The maximum Gasteiger partial charge on any atom is 0.338 e. The molecule has 0 saturated carbocycles. The van der Waals surface area contributed by atoms with Crippen LogP contribution in [0.3, 0.4) is 0 Å². The van der Waals surface area contributed by atoms with E-state index in [-0.39, 0.29) is 23.7 Å². The lowest BCUT2D eigenvalue weighted by Crippen LogP contribution is -2.10. The Hall–Kier alpha value is -2.46. The van der Waals surface area contributed by atoms with E-state index in [1.807, 2.05) is 6.92 Å². The average molecular weight is 300 g/mol. The lowest BCUT2D eigenvalue weighted by Gasteiger charge is -2.11. The van der Waals surface area contributed by atoms with Gasteiger partial charge in [-0.1, -0.05) is 30.8 Å². The van der Waals surface area contributed by atoms with Crippen molar-refractivity contribution in [2.24, 2.45) is 0 Å². The van der Waals surface area contributed by atoms with Crippen LogP contribution in [0, 0.1) is 12.7 Å². The molecule has 0 amide bonds. The van der Waals surface area contributed by atoms with Crippen molar-refractivity contribution in [2.75, 3.05) is 0 Å². The molecule has 2 rings (SSSR count). The van der Waals surface area contributed by atoms with Crippen LogP contribution < -0.4 is 4.74 Å². The molecule has 0 aliphatic rings. The number of hydrogen-bond acceptors (Lipinski definition) is 3. The van der Waals surface area contributed by atoms with Crippen molar-refractivity contribution in [3.8, 4) is 16.9 Å². The van der Waals surface area contributed by atoms with Gasteiger partial charge in [0.05, 0.1) is 6.61 Å². The minimum atomic E-state index is -0.587. The van der Waals surface area contributed by atoms with E-state index in [2.05, 4.69) is 6.58 Å². The summed E-state index contributed by atoms with van der Waals surface area (Å²) in [6.45, 7) is 6.57. The molecule has 0 aliphatic carbocycles. The Labute approximate surface area is 128 Å². The minimum Gasteiger partial charge on any atom is -0.423 e. The van der Waals surface area contributed by atoms with E-state index < -0.39 is 5.97 Å². The van der Waals surface area contributed by atoms with Crippen LogP contribution in [0.2, 0.25) is 0 Å². The maximum atomic E-state index is 14.1. The second-order valence-corrected chi connectivity index (χ2v) is 5.13. The molecule has 3 nitrogen and oxygen atoms in total. The molecule has 114 valence electrons. The second-order valence-electron chi connectivity index (χ2n) is 5.13. The number of benzene rings is 2. The number of carbonyl (C=O) groups excluding carboxylic acids is 1. The Morgan fingerprint density at radius 2 is 2.00 bits per heavy atom. The van der Waals surface area contributed by atoms with Crippen LogP contribution in [0.25, 0.3) is 11.1 Å². The Bertz CT molecular complexity index is 735. The van der Waals surface area contributed by atoms with Crippen LogP contribution in [0.5, 0.6) is 5.75 Å². The molecular weight excluding hydrogens is 283 g/mol. The van der Waals surface area contributed by atoms with Crippen LogP contribution in [0.4, 0.5) is 4.39 Å². The lowest BCUT2D eigenvalue weighted by atomic mass is 10.0. The first-order chi connectivity index (χ1) is 10.4. The quantitative estimate of drug-likeness (QED) is 0.531. The van der Waals surface area contributed by atoms with Crippen LogP contribution in [-0.4, -0.2) is 11.1 Å². The molecule has 0 fully saturated rings. The number of aliphatic hydroxyl groups is 1. The summed E-state index contributed by atoms with van der Waals surface area (Å²) in [5.41, 5.74) is 2.49. The zero-order valence-corrected chi connectivity index (χ0v) is 12.5. The first-order valence-corrected chi connectivity index (χ1v) is 6.80. The van der Waals surface area contributed by atoms with Crippen molar-refractivity contribution in [1.82, 2.24) is 0 Å². The number of halogens is 1. The molecule has 0 bridgehead atoms. The van der Waals surface area contributed by atoms with Crippen molar-refractivity contribution in [3.05, 3.63) is 65.5 Å². The fourth-order valence-corrected chi connectivity index (χ4v) is 1.99. The first kappa shape index (κ1) is 15.9. The summed E-state index contributed by atoms with van der Waals surface area (Å²) in [5.74, 6) is -0.738. The SMILES string of the molecule is C=C(C)C(=O)Oc1cc(-c2ccc(C)cc2F)ccc1CO. The average Bonchev–Trinajstić information content (AvgIpc) is 2.47. The Morgan fingerprint density at radius 3 is 2.59 bits per heavy atom. The predicted molar refractivity (Wildman–Crippen MR) is 82.9 cm³/mol. The number of rotatable bonds is 4. The van der Waals surface area contributed by atoms with Gasteiger partial charge in [0.25, 0.3) is 0 Å². The van der Waals surface area contributed by atoms with Gasteiger partial charge in [-0.05, 0) is 37.1 Å². The monoisotopic (exact) mass is 300 g/mol. The van der Waals surface area contributed by atoms with Gasteiger partial charge in [-0.3, -0.25) is 0 Å². The molecule has 22 heavy (non-hydrogen) atoms. The third-order valence-electron chi connectivity index (χ3n) is 3.22. The summed E-state index contributed by atoms with van der Waals surface area (Å²) >= 11 is 0. The first-order valence-electron chi connectivity index (χ1n) is 6.80. The van der Waals surface area contributed by atoms with Crippen molar-refractivity contribution < 1.29 is 19.0 Å². The Balaban J connectivity index is 2.46. The summed E-state index contributed by atoms with van der Waals surface area (Å²) in [4.78, 5) is 11.7. The summed E-state index contributed by atoms with van der Waals surface area (Å²) < 4.78 is 19.3. The number of aliphatic hydroxyl groups excluding tert-OH is 1. The van der Waals surface area contributed by atoms with Gasteiger partial charge < -0.3 is 9.84 Å². The smallest absolute Gasteiger partial charge is 0.338 e.